The van der Waals surface area contributed by atoms with Crippen molar-refractivity contribution < 1.29 is 19.2 Å². The standard InChI is InChI=1S/C18H22N2O4/c1-18(22,10-12-3-7-14(23-2)8-4-12)11-19-17(21)15-9-16(24-20-15)13-5-6-13/h3-4,7-9,13,22H,5-6,10-11H2,1-2H3,(H,19,21). The molecule has 1 fully saturated rings. The molecule has 0 saturated heterocycles. The second-order valence-corrected chi connectivity index (χ2v) is 6.59. The van der Waals surface area contributed by atoms with Crippen molar-refractivity contribution in [2.45, 2.75) is 37.7 Å². The molecule has 1 heterocycles. The van der Waals surface area contributed by atoms with Crippen molar-refractivity contribution in [1.82, 2.24) is 10.5 Å². The van der Waals surface area contributed by atoms with Crippen LogP contribution in [0.4, 0.5) is 0 Å². The lowest BCUT2D eigenvalue weighted by molar-refractivity contribution is 0.0550. The van der Waals surface area contributed by atoms with E-state index in [0.717, 1.165) is 29.9 Å². The highest BCUT2D eigenvalue weighted by molar-refractivity contribution is 5.92. The summed E-state index contributed by atoms with van der Waals surface area (Å²) in [5, 5.41) is 17.0. The molecule has 6 nitrogen and oxygen atoms in total. The van der Waals surface area contributed by atoms with Crippen molar-refractivity contribution in [3.8, 4) is 5.75 Å². The quantitative estimate of drug-likeness (QED) is 0.813. The van der Waals surface area contributed by atoms with Crippen molar-refractivity contribution in [3.05, 3.63) is 47.3 Å². The average Bonchev–Trinajstić information content (AvgIpc) is 3.30. The SMILES string of the molecule is COc1ccc(CC(C)(O)CNC(=O)c2cc(C3CC3)on2)cc1. The predicted molar refractivity (Wildman–Crippen MR) is 88.1 cm³/mol. The van der Waals surface area contributed by atoms with Crippen LogP contribution in [0.25, 0.3) is 0 Å². The Hall–Kier alpha value is -2.34. The Balaban J connectivity index is 1.53. The molecule has 128 valence electrons. The first kappa shape index (κ1) is 16.5. The van der Waals surface area contributed by atoms with E-state index in [0.29, 0.717) is 12.3 Å². The van der Waals surface area contributed by atoms with E-state index in [1.165, 1.54) is 0 Å². The molecule has 1 aliphatic rings. The molecule has 1 amide bonds. The third kappa shape index (κ3) is 4.14. The van der Waals surface area contributed by atoms with Crippen LogP contribution in [0.1, 0.15) is 47.5 Å². The van der Waals surface area contributed by atoms with Gasteiger partial charge in [0.25, 0.3) is 5.91 Å². The molecule has 3 rings (SSSR count). The van der Waals surface area contributed by atoms with Crippen LogP contribution in [0.2, 0.25) is 0 Å². The number of carbonyl (C=O) groups is 1. The van der Waals surface area contributed by atoms with Crippen LogP contribution in [0.5, 0.6) is 5.75 Å². The van der Waals surface area contributed by atoms with Gasteiger partial charge in [0.2, 0.25) is 0 Å². The van der Waals surface area contributed by atoms with Crippen molar-refractivity contribution in [3.63, 3.8) is 0 Å². The van der Waals surface area contributed by atoms with E-state index in [1.54, 1.807) is 20.1 Å². The van der Waals surface area contributed by atoms with Crippen molar-refractivity contribution in [2.24, 2.45) is 0 Å². The maximum atomic E-state index is 12.1. The Labute approximate surface area is 140 Å². The summed E-state index contributed by atoms with van der Waals surface area (Å²) in [5.41, 5.74) is 0.164. The van der Waals surface area contributed by atoms with Gasteiger partial charge in [-0.3, -0.25) is 4.79 Å². The number of ether oxygens (including phenoxy) is 1. The number of aromatic nitrogens is 1. The number of nitrogens with zero attached hydrogens (tertiary/aromatic N) is 1. The minimum Gasteiger partial charge on any atom is -0.497 e. The van der Waals surface area contributed by atoms with Gasteiger partial charge in [-0.2, -0.15) is 0 Å². The fraction of sp³-hybridized carbons (Fsp3) is 0.444. The summed E-state index contributed by atoms with van der Waals surface area (Å²) in [7, 11) is 1.61. The third-order valence-corrected chi connectivity index (χ3v) is 4.11. The molecular formula is C18H22N2O4. The molecule has 2 aromatic rings. The van der Waals surface area contributed by atoms with Crippen LogP contribution in [0, 0.1) is 0 Å². The summed E-state index contributed by atoms with van der Waals surface area (Å²) in [6.07, 6.45) is 2.60. The zero-order chi connectivity index (χ0) is 17.2. The van der Waals surface area contributed by atoms with Crippen LogP contribution in [-0.2, 0) is 6.42 Å². The molecule has 24 heavy (non-hydrogen) atoms. The average molecular weight is 330 g/mol. The maximum absolute atomic E-state index is 12.1. The normalized spacial score (nSPS) is 16.5. The molecule has 0 radical (unpaired) electrons. The number of hydrogen-bond donors (Lipinski definition) is 2. The van der Waals surface area contributed by atoms with Crippen molar-refractivity contribution >= 4 is 5.91 Å². The number of nitrogens with one attached hydrogen (secondary N) is 1. The molecular weight excluding hydrogens is 308 g/mol. The largest absolute Gasteiger partial charge is 0.497 e. The smallest absolute Gasteiger partial charge is 0.273 e. The number of rotatable bonds is 7. The zero-order valence-electron chi connectivity index (χ0n) is 13.9. The van der Waals surface area contributed by atoms with E-state index in [2.05, 4.69) is 10.5 Å². The summed E-state index contributed by atoms with van der Waals surface area (Å²) in [5.74, 6) is 1.62. The number of hydrogen-bond acceptors (Lipinski definition) is 5. The second-order valence-electron chi connectivity index (χ2n) is 6.59. The number of benzene rings is 1. The molecule has 1 saturated carbocycles. The predicted octanol–water partition coefficient (Wildman–Crippen LogP) is 2.28. The number of methoxy groups -OCH3 is 1. The first-order valence-electron chi connectivity index (χ1n) is 8.07. The number of amides is 1. The van der Waals surface area contributed by atoms with Gasteiger partial charge in [-0.15, -0.1) is 0 Å². The molecule has 1 unspecified atom stereocenters. The molecule has 0 aliphatic heterocycles. The van der Waals surface area contributed by atoms with Crippen LogP contribution in [-0.4, -0.2) is 35.4 Å². The minimum atomic E-state index is -1.06. The van der Waals surface area contributed by atoms with Crippen LogP contribution in [0.3, 0.4) is 0 Å². The molecule has 0 bridgehead atoms. The zero-order valence-corrected chi connectivity index (χ0v) is 13.9. The van der Waals surface area contributed by atoms with Gasteiger partial charge in [0.15, 0.2) is 5.69 Å². The van der Waals surface area contributed by atoms with Crippen molar-refractivity contribution in [2.75, 3.05) is 13.7 Å². The van der Waals surface area contributed by atoms with Gasteiger partial charge in [0, 0.05) is 24.9 Å². The van der Waals surface area contributed by atoms with E-state index < -0.39 is 5.60 Å². The van der Waals surface area contributed by atoms with E-state index in [4.69, 9.17) is 9.26 Å². The number of carbonyl (C=O) groups excluding carboxylic acids is 1. The Morgan fingerprint density at radius 3 is 2.75 bits per heavy atom. The third-order valence-electron chi connectivity index (χ3n) is 4.11. The molecule has 1 atom stereocenters. The van der Waals surface area contributed by atoms with Gasteiger partial charge in [-0.05, 0) is 37.5 Å². The van der Waals surface area contributed by atoms with Gasteiger partial charge < -0.3 is 19.7 Å². The summed E-state index contributed by atoms with van der Waals surface area (Å²) in [6.45, 7) is 1.82. The van der Waals surface area contributed by atoms with Crippen LogP contribution < -0.4 is 10.1 Å². The van der Waals surface area contributed by atoms with Crippen LogP contribution >= 0.6 is 0 Å². The molecule has 1 aliphatic carbocycles. The maximum Gasteiger partial charge on any atom is 0.273 e. The fourth-order valence-corrected chi connectivity index (χ4v) is 2.56. The second kappa shape index (κ2) is 6.65. The molecule has 1 aromatic carbocycles. The van der Waals surface area contributed by atoms with Crippen LogP contribution in [0.15, 0.2) is 34.9 Å². The lowest BCUT2D eigenvalue weighted by atomic mass is 9.96. The molecule has 6 heteroatoms. The summed E-state index contributed by atoms with van der Waals surface area (Å²) in [6, 6.07) is 9.17. The van der Waals surface area contributed by atoms with Gasteiger partial charge in [-0.25, -0.2) is 0 Å². The lowest BCUT2D eigenvalue weighted by Gasteiger charge is -2.23. The van der Waals surface area contributed by atoms with E-state index >= 15 is 0 Å². The van der Waals surface area contributed by atoms with E-state index in [1.807, 2.05) is 24.3 Å². The van der Waals surface area contributed by atoms with Gasteiger partial charge in [0.1, 0.15) is 11.5 Å². The Bertz CT molecular complexity index is 702. The highest BCUT2D eigenvalue weighted by atomic mass is 16.5. The summed E-state index contributed by atoms with van der Waals surface area (Å²) >= 11 is 0. The number of aliphatic hydroxyl groups is 1. The van der Waals surface area contributed by atoms with Crippen molar-refractivity contribution in [1.29, 1.82) is 0 Å². The summed E-state index contributed by atoms with van der Waals surface area (Å²) < 4.78 is 10.3. The first-order chi connectivity index (χ1) is 11.5. The Morgan fingerprint density at radius 2 is 2.12 bits per heavy atom. The van der Waals surface area contributed by atoms with Gasteiger partial charge in [-0.1, -0.05) is 17.3 Å². The first-order valence-corrected chi connectivity index (χ1v) is 8.07. The fourth-order valence-electron chi connectivity index (χ4n) is 2.56. The Kier molecular flexibility index (Phi) is 4.57. The highest BCUT2D eigenvalue weighted by Crippen LogP contribution is 2.40. The van der Waals surface area contributed by atoms with Gasteiger partial charge >= 0.3 is 0 Å². The lowest BCUT2D eigenvalue weighted by Crippen LogP contribution is -2.42. The topological polar surface area (TPSA) is 84.6 Å². The molecule has 1 aromatic heterocycles. The van der Waals surface area contributed by atoms with Gasteiger partial charge in [0.05, 0.1) is 12.7 Å². The molecule has 2 N–H and O–H groups in total. The monoisotopic (exact) mass is 330 g/mol. The Morgan fingerprint density at radius 1 is 1.42 bits per heavy atom. The highest BCUT2D eigenvalue weighted by Gasteiger charge is 2.29. The minimum absolute atomic E-state index is 0.128. The van der Waals surface area contributed by atoms with E-state index in [9.17, 15) is 9.90 Å². The molecule has 0 spiro atoms. The van der Waals surface area contributed by atoms with E-state index in [-0.39, 0.29) is 18.1 Å². The summed E-state index contributed by atoms with van der Waals surface area (Å²) in [4.78, 5) is 12.1.